The van der Waals surface area contributed by atoms with Gasteiger partial charge in [0, 0.05) is 34.2 Å². The van der Waals surface area contributed by atoms with E-state index in [9.17, 15) is 4.79 Å². The van der Waals surface area contributed by atoms with Crippen LogP contribution in [0.15, 0.2) is 42.6 Å². The molecule has 8 nitrogen and oxygen atoms in total. The topological polar surface area (TPSA) is 94.7 Å². The highest BCUT2D eigenvalue weighted by molar-refractivity contribution is 5.89. The molecule has 2 aromatic heterocycles. The lowest BCUT2D eigenvalue weighted by Crippen LogP contribution is -2.44. The van der Waals surface area contributed by atoms with Crippen molar-refractivity contribution in [3.63, 3.8) is 0 Å². The van der Waals surface area contributed by atoms with Crippen LogP contribution in [-0.4, -0.2) is 40.9 Å². The molecule has 1 fully saturated rings. The summed E-state index contributed by atoms with van der Waals surface area (Å²) >= 11 is 0. The Balaban J connectivity index is 1.38. The predicted molar refractivity (Wildman–Crippen MR) is 138 cm³/mol. The molecule has 4 aromatic rings. The first-order valence-electron chi connectivity index (χ1n) is 12.1. The van der Waals surface area contributed by atoms with Crippen molar-refractivity contribution in [1.82, 2.24) is 15.3 Å². The van der Waals surface area contributed by atoms with Gasteiger partial charge in [0.05, 0.1) is 18.2 Å². The van der Waals surface area contributed by atoms with Crippen molar-refractivity contribution >= 4 is 27.9 Å². The fraction of sp³-hybridized carbons (Fsp3) is 0.357. The molecular weight excluding hydrogens is 477 g/mol. The molecule has 0 aliphatic heterocycles. The maximum Gasteiger partial charge on any atom is 0.408 e. The first kappa shape index (κ1) is 24.7. The maximum atomic E-state index is 15.1. The Labute approximate surface area is 214 Å². The minimum atomic E-state index is -0.580. The van der Waals surface area contributed by atoms with Gasteiger partial charge in [-0.3, -0.25) is 4.98 Å². The van der Waals surface area contributed by atoms with E-state index >= 15 is 4.39 Å². The third-order valence-electron chi connectivity index (χ3n) is 6.17. The van der Waals surface area contributed by atoms with Gasteiger partial charge < -0.3 is 29.2 Å². The average molecular weight is 508 g/mol. The fourth-order valence-corrected chi connectivity index (χ4v) is 4.17. The van der Waals surface area contributed by atoms with Gasteiger partial charge in [0.15, 0.2) is 23.1 Å². The van der Waals surface area contributed by atoms with Crippen LogP contribution in [0.5, 0.6) is 23.0 Å². The van der Waals surface area contributed by atoms with Crippen LogP contribution in [0.1, 0.15) is 39.3 Å². The number of methoxy groups -OCH3 is 1. The predicted octanol–water partition coefficient (Wildman–Crippen LogP) is 6.40. The molecule has 2 aromatic carbocycles. The molecule has 2 heterocycles. The van der Waals surface area contributed by atoms with Gasteiger partial charge in [0.25, 0.3) is 0 Å². The summed E-state index contributed by atoms with van der Waals surface area (Å²) in [4.78, 5) is 19.8. The highest BCUT2D eigenvalue weighted by atomic mass is 19.1. The summed E-state index contributed by atoms with van der Waals surface area (Å²) in [6, 6.07) is 10.3. The Hall–Kier alpha value is -4.01. The number of rotatable bonds is 7. The number of fused-ring (bicyclic) bond motifs is 2. The summed E-state index contributed by atoms with van der Waals surface area (Å²) in [5, 5.41) is 4.04. The van der Waals surface area contributed by atoms with E-state index in [4.69, 9.17) is 18.9 Å². The van der Waals surface area contributed by atoms with Crippen LogP contribution in [0.2, 0.25) is 0 Å². The molecule has 37 heavy (non-hydrogen) atoms. The van der Waals surface area contributed by atoms with Gasteiger partial charge in [-0.1, -0.05) is 0 Å². The normalized spacial score (nSPS) is 14.4. The molecule has 0 spiro atoms. The van der Waals surface area contributed by atoms with E-state index in [1.165, 1.54) is 0 Å². The van der Waals surface area contributed by atoms with Gasteiger partial charge in [-0.2, -0.15) is 0 Å². The summed E-state index contributed by atoms with van der Waals surface area (Å²) in [6.07, 6.45) is 2.70. The molecule has 194 valence electrons. The third-order valence-corrected chi connectivity index (χ3v) is 6.17. The third kappa shape index (κ3) is 5.26. The Morgan fingerprint density at radius 3 is 2.57 bits per heavy atom. The van der Waals surface area contributed by atoms with Gasteiger partial charge >= 0.3 is 6.09 Å². The van der Waals surface area contributed by atoms with Crippen LogP contribution in [0.25, 0.3) is 21.8 Å². The van der Waals surface area contributed by atoms with E-state index < -0.39 is 23.1 Å². The standard InChI is InChI=1S/C28H30FN3O5/c1-16-12-18-19(31-16)6-7-22(25(18)29)36-21-8-11-30-20-14-24(23(34-5)13-17(20)21)35-15-28(9-10-28)32-26(33)37-27(2,3)4/h6-8,11-14,31H,9-10,15H2,1-5H3,(H,32,33). The van der Waals surface area contributed by atoms with E-state index in [-0.39, 0.29) is 12.4 Å². The number of aromatic nitrogens is 2. The molecule has 5 rings (SSSR count). The maximum absolute atomic E-state index is 15.1. The Morgan fingerprint density at radius 1 is 1.08 bits per heavy atom. The minimum absolute atomic E-state index is 0.113. The SMILES string of the molecule is COc1cc2c(Oc3ccc4[nH]c(C)cc4c3F)ccnc2cc1OCC1(NC(=O)OC(C)(C)C)CC1. The second kappa shape index (κ2) is 9.14. The van der Waals surface area contributed by atoms with Crippen molar-refractivity contribution < 1.29 is 28.1 Å². The van der Waals surface area contributed by atoms with Gasteiger partial charge in [0.2, 0.25) is 0 Å². The molecule has 0 unspecified atom stereocenters. The molecular formula is C28H30FN3O5. The Bertz CT molecular complexity index is 1490. The monoisotopic (exact) mass is 507 g/mol. The molecule has 0 bridgehead atoms. The van der Waals surface area contributed by atoms with Crippen molar-refractivity contribution in [2.24, 2.45) is 0 Å². The molecule has 1 saturated carbocycles. The van der Waals surface area contributed by atoms with Gasteiger partial charge in [-0.05, 0) is 70.9 Å². The molecule has 2 N–H and O–H groups in total. The number of nitrogens with zero attached hydrogens (tertiary/aromatic N) is 1. The van der Waals surface area contributed by atoms with Gasteiger partial charge in [0.1, 0.15) is 18.0 Å². The van der Waals surface area contributed by atoms with Crippen LogP contribution in [0.3, 0.4) is 0 Å². The Kier molecular flexibility index (Phi) is 6.09. The zero-order chi connectivity index (χ0) is 26.4. The quantitative estimate of drug-likeness (QED) is 0.301. The van der Waals surface area contributed by atoms with E-state index in [1.54, 1.807) is 49.7 Å². The van der Waals surface area contributed by atoms with Crippen molar-refractivity contribution in [3.8, 4) is 23.0 Å². The zero-order valence-corrected chi connectivity index (χ0v) is 21.5. The van der Waals surface area contributed by atoms with Gasteiger partial charge in [-0.25, -0.2) is 9.18 Å². The first-order chi connectivity index (χ1) is 17.6. The molecule has 1 aliphatic carbocycles. The summed E-state index contributed by atoms with van der Waals surface area (Å²) in [5.74, 6) is 1.06. The minimum Gasteiger partial charge on any atom is -0.493 e. The molecule has 0 atom stereocenters. The van der Waals surface area contributed by atoms with Crippen molar-refractivity contribution in [1.29, 1.82) is 0 Å². The van der Waals surface area contributed by atoms with E-state index in [1.807, 2.05) is 27.7 Å². The highest BCUT2D eigenvalue weighted by Crippen LogP contribution is 2.41. The van der Waals surface area contributed by atoms with E-state index in [2.05, 4.69) is 15.3 Å². The van der Waals surface area contributed by atoms with Gasteiger partial charge in [-0.15, -0.1) is 0 Å². The number of ether oxygens (including phenoxy) is 4. The first-order valence-corrected chi connectivity index (χ1v) is 12.1. The summed E-state index contributed by atoms with van der Waals surface area (Å²) in [7, 11) is 1.54. The molecule has 0 saturated heterocycles. The average Bonchev–Trinajstić information content (AvgIpc) is 3.47. The number of carbonyl (C=O) groups excluding carboxylic acids is 1. The largest absolute Gasteiger partial charge is 0.493 e. The van der Waals surface area contributed by atoms with Crippen LogP contribution >= 0.6 is 0 Å². The molecule has 0 radical (unpaired) electrons. The lowest BCUT2D eigenvalue weighted by atomic mass is 10.1. The van der Waals surface area contributed by atoms with Crippen LogP contribution in [0, 0.1) is 12.7 Å². The molecule has 9 heteroatoms. The van der Waals surface area contributed by atoms with Crippen molar-refractivity contribution in [2.45, 2.75) is 51.7 Å². The second-order valence-corrected chi connectivity index (χ2v) is 10.4. The van der Waals surface area contributed by atoms with E-state index in [0.717, 1.165) is 18.5 Å². The number of aromatic amines is 1. The number of carbonyl (C=O) groups is 1. The summed E-state index contributed by atoms with van der Waals surface area (Å²) in [5.41, 5.74) is 1.11. The Morgan fingerprint density at radius 2 is 1.86 bits per heavy atom. The smallest absolute Gasteiger partial charge is 0.408 e. The number of hydrogen-bond acceptors (Lipinski definition) is 6. The molecule has 1 amide bonds. The second-order valence-electron chi connectivity index (χ2n) is 10.4. The zero-order valence-electron chi connectivity index (χ0n) is 21.5. The van der Waals surface area contributed by atoms with Crippen LogP contribution < -0.4 is 19.5 Å². The van der Waals surface area contributed by atoms with E-state index in [0.29, 0.717) is 39.1 Å². The number of H-pyrrole nitrogens is 1. The number of amides is 1. The number of pyridine rings is 1. The van der Waals surface area contributed by atoms with Crippen LogP contribution in [0.4, 0.5) is 9.18 Å². The summed E-state index contributed by atoms with van der Waals surface area (Å²) < 4.78 is 38.2. The fourth-order valence-electron chi connectivity index (χ4n) is 4.17. The lowest BCUT2D eigenvalue weighted by molar-refractivity contribution is 0.0476. The number of alkyl carbamates (subject to hydrolysis) is 1. The number of benzene rings is 2. The lowest BCUT2D eigenvalue weighted by Gasteiger charge is -2.24. The number of halogens is 1. The number of nitrogens with one attached hydrogen (secondary N) is 2. The number of hydrogen-bond donors (Lipinski definition) is 2. The number of aryl methyl sites for hydroxylation is 1. The molecule has 1 aliphatic rings. The van der Waals surface area contributed by atoms with Crippen molar-refractivity contribution in [2.75, 3.05) is 13.7 Å². The van der Waals surface area contributed by atoms with Crippen molar-refractivity contribution in [3.05, 3.63) is 54.1 Å². The van der Waals surface area contributed by atoms with Crippen LogP contribution in [-0.2, 0) is 4.74 Å². The highest BCUT2D eigenvalue weighted by Gasteiger charge is 2.46. The summed E-state index contributed by atoms with van der Waals surface area (Å²) in [6.45, 7) is 7.59.